The zero-order chi connectivity index (χ0) is 18.6. The molecule has 0 aliphatic carbocycles. The summed E-state index contributed by atoms with van der Waals surface area (Å²) in [5, 5.41) is 13.5. The minimum Gasteiger partial charge on any atom is -0.481 e. The van der Waals surface area contributed by atoms with Crippen LogP contribution in [0.15, 0.2) is 34.9 Å². The Morgan fingerprint density at radius 1 is 1.20 bits per heavy atom. The van der Waals surface area contributed by atoms with Crippen LogP contribution in [0.4, 0.5) is 24.5 Å². The first kappa shape index (κ1) is 18.4. The predicted molar refractivity (Wildman–Crippen MR) is 83.7 cm³/mol. The molecule has 0 atom stereocenters. The molecule has 2 aromatic rings. The van der Waals surface area contributed by atoms with Gasteiger partial charge in [0.1, 0.15) is 18.7 Å². The maximum Gasteiger partial charge on any atom is 0.405 e. The molecule has 0 spiro atoms. The lowest BCUT2D eigenvalue weighted by Gasteiger charge is -2.14. The molecule has 0 saturated heterocycles. The standard InChI is InChI=1S/C16H15F3N2O4/c1-9-7-25-12(6-13(22)23)14(9)15(24)21-11-5-3-2-4-10(11)20-8-16(17,18)19/h2-5,7,20H,6,8H2,1H3,(H,21,24)(H,22,23). The second kappa shape index (κ2) is 7.29. The fourth-order valence-electron chi connectivity index (χ4n) is 2.20. The quantitative estimate of drug-likeness (QED) is 0.737. The second-order valence-electron chi connectivity index (χ2n) is 5.26. The number of nitrogens with one attached hydrogen (secondary N) is 2. The maximum absolute atomic E-state index is 12.4. The number of rotatable bonds is 6. The molecular formula is C16H15F3N2O4. The molecule has 3 N–H and O–H groups in total. The number of carbonyl (C=O) groups is 2. The van der Waals surface area contributed by atoms with Gasteiger partial charge < -0.3 is 20.2 Å². The van der Waals surface area contributed by atoms with Crippen molar-refractivity contribution >= 4 is 23.3 Å². The van der Waals surface area contributed by atoms with Crippen LogP contribution >= 0.6 is 0 Å². The summed E-state index contributed by atoms with van der Waals surface area (Å²) in [5.41, 5.74) is 0.704. The Balaban J connectivity index is 2.22. The zero-order valence-corrected chi connectivity index (χ0v) is 13.1. The van der Waals surface area contributed by atoms with Crippen LogP contribution in [0.3, 0.4) is 0 Å². The van der Waals surface area contributed by atoms with Crippen molar-refractivity contribution in [3.63, 3.8) is 0 Å². The molecule has 1 amide bonds. The number of hydrogen-bond donors (Lipinski definition) is 3. The number of amides is 1. The minimum atomic E-state index is -4.41. The van der Waals surface area contributed by atoms with Gasteiger partial charge in [0.25, 0.3) is 5.91 Å². The summed E-state index contributed by atoms with van der Waals surface area (Å²) in [6.45, 7) is 0.312. The number of carbonyl (C=O) groups excluding carboxylic acids is 1. The van der Waals surface area contributed by atoms with E-state index in [0.717, 1.165) is 0 Å². The van der Waals surface area contributed by atoms with Crippen molar-refractivity contribution < 1.29 is 32.3 Å². The van der Waals surface area contributed by atoms with E-state index in [-0.39, 0.29) is 22.7 Å². The topological polar surface area (TPSA) is 91.6 Å². The third kappa shape index (κ3) is 5.00. The molecule has 6 nitrogen and oxygen atoms in total. The van der Waals surface area contributed by atoms with E-state index in [1.54, 1.807) is 13.0 Å². The Bertz CT molecular complexity index is 784. The van der Waals surface area contributed by atoms with Gasteiger partial charge >= 0.3 is 12.1 Å². The first-order valence-electron chi connectivity index (χ1n) is 7.17. The van der Waals surface area contributed by atoms with E-state index in [4.69, 9.17) is 9.52 Å². The summed E-state index contributed by atoms with van der Waals surface area (Å²) in [6.07, 6.45) is -3.64. The summed E-state index contributed by atoms with van der Waals surface area (Å²) in [4.78, 5) is 23.3. The molecule has 0 saturated carbocycles. The van der Waals surface area contributed by atoms with Crippen LogP contribution in [-0.4, -0.2) is 29.7 Å². The van der Waals surface area contributed by atoms with Crippen molar-refractivity contribution in [1.82, 2.24) is 0 Å². The molecule has 1 aromatic carbocycles. The Hall–Kier alpha value is -2.97. The Labute approximate surface area is 140 Å². The van der Waals surface area contributed by atoms with Crippen LogP contribution in [0.2, 0.25) is 0 Å². The SMILES string of the molecule is Cc1coc(CC(=O)O)c1C(=O)Nc1ccccc1NCC(F)(F)F. The zero-order valence-electron chi connectivity index (χ0n) is 13.1. The van der Waals surface area contributed by atoms with E-state index in [1.165, 1.54) is 24.5 Å². The van der Waals surface area contributed by atoms with Gasteiger partial charge in [-0.25, -0.2) is 0 Å². The maximum atomic E-state index is 12.4. The highest BCUT2D eigenvalue weighted by atomic mass is 19.4. The average molecular weight is 356 g/mol. The number of furan rings is 1. The second-order valence-corrected chi connectivity index (χ2v) is 5.26. The molecule has 9 heteroatoms. The van der Waals surface area contributed by atoms with Crippen molar-refractivity contribution in [3.8, 4) is 0 Å². The van der Waals surface area contributed by atoms with Gasteiger partial charge in [0.15, 0.2) is 0 Å². The van der Waals surface area contributed by atoms with E-state index in [9.17, 15) is 22.8 Å². The molecule has 0 radical (unpaired) electrons. The summed E-state index contributed by atoms with van der Waals surface area (Å²) in [6, 6.07) is 5.90. The summed E-state index contributed by atoms with van der Waals surface area (Å²) in [5.74, 6) is -1.86. The fourth-order valence-corrected chi connectivity index (χ4v) is 2.20. The molecule has 1 heterocycles. The highest BCUT2D eigenvalue weighted by Crippen LogP contribution is 2.25. The van der Waals surface area contributed by atoms with E-state index < -0.39 is 31.0 Å². The number of carboxylic acid groups (broad SMARTS) is 1. The lowest BCUT2D eigenvalue weighted by molar-refractivity contribution is -0.136. The van der Waals surface area contributed by atoms with E-state index >= 15 is 0 Å². The van der Waals surface area contributed by atoms with Crippen LogP contribution in [0.5, 0.6) is 0 Å². The van der Waals surface area contributed by atoms with Gasteiger partial charge in [-0.3, -0.25) is 9.59 Å². The van der Waals surface area contributed by atoms with Crippen LogP contribution in [0.25, 0.3) is 0 Å². The van der Waals surface area contributed by atoms with E-state index in [2.05, 4.69) is 10.6 Å². The van der Waals surface area contributed by atoms with Gasteiger partial charge in [0.2, 0.25) is 0 Å². The lowest BCUT2D eigenvalue weighted by atomic mass is 10.1. The van der Waals surface area contributed by atoms with Gasteiger partial charge in [-0.15, -0.1) is 0 Å². The van der Waals surface area contributed by atoms with Crippen LogP contribution in [0, 0.1) is 6.92 Å². The summed E-state index contributed by atoms with van der Waals surface area (Å²) in [7, 11) is 0. The lowest BCUT2D eigenvalue weighted by Crippen LogP contribution is -2.22. The van der Waals surface area contributed by atoms with Crippen molar-refractivity contribution in [2.45, 2.75) is 19.5 Å². The van der Waals surface area contributed by atoms with Gasteiger partial charge in [0.05, 0.1) is 23.2 Å². The van der Waals surface area contributed by atoms with Crippen LogP contribution in [0.1, 0.15) is 21.7 Å². The smallest absolute Gasteiger partial charge is 0.405 e. The number of alkyl halides is 3. The Morgan fingerprint density at radius 3 is 2.44 bits per heavy atom. The molecule has 0 bridgehead atoms. The Kier molecular flexibility index (Phi) is 5.35. The Morgan fingerprint density at radius 2 is 1.84 bits per heavy atom. The number of para-hydroxylation sites is 2. The molecule has 0 fully saturated rings. The molecular weight excluding hydrogens is 341 g/mol. The van der Waals surface area contributed by atoms with E-state index in [0.29, 0.717) is 5.56 Å². The van der Waals surface area contributed by atoms with Crippen molar-refractivity contribution in [3.05, 3.63) is 47.4 Å². The number of anilines is 2. The largest absolute Gasteiger partial charge is 0.481 e. The molecule has 0 unspecified atom stereocenters. The third-order valence-corrected chi connectivity index (χ3v) is 3.24. The first-order chi connectivity index (χ1) is 11.7. The number of carboxylic acids is 1. The fraction of sp³-hybridized carbons (Fsp3) is 0.250. The minimum absolute atomic E-state index is 0.0248. The molecule has 2 rings (SSSR count). The third-order valence-electron chi connectivity index (χ3n) is 3.24. The van der Waals surface area contributed by atoms with Crippen LogP contribution < -0.4 is 10.6 Å². The van der Waals surface area contributed by atoms with Gasteiger partial charge in [-0.2, -0.15) is 13.2 Å². The van der Waals surface area contributed by atoms with E-state index in [1.807, 2.05) is 0 Å². The molecule has 0 aliphatic heterocycles. The monoisotopic (exact) mass is 356 g/mol. The van der Waals surface area contributed by atoms with Gasteiger partial charge in [-0.05, 0) is 19.1 Å². The van der Waals surface area contributed by atoms with Crippen LogP contribution in [-0.2, 0) is 11.2 Å². The number of halogens is 3. The van der Waals surface area contributed by atoms with Crippen molar-refractivity contribution in [1.29, 1.82) is 0 Å². The van der Waals surface area contributed by atoms with Crippen molar-refractivity contribution in [2.75, 3.05) is 17.2 Å². The van der Waals surface area contributed by atoms with Gasteiger partial charge in [0, 0.05) is 5.56 Å². The number of hydrogen-bond acceptors (Lipinski definition) is 4. The summed E-state index contributed by atoms with van der Waals surface area (Å²) < 4.78 is 42.2. The molecule has 25 heavy (non-hydrogen) atoms. The normalized spacial score (nSPS) is 11.2. The average Bonchev–Trinajstić information content (AvgIpc) is 2.85. The van der Waals surface area contributed by atoms with Gasteiger partial charge in [-0.1, -0.05) is 12.1 Å². The van der Waals surface area contributed by atoms with Crippen molar-refractivity contribution in [2.24, 2.45) is 0 Å². The predicted octanol–water partition coefficient (Wildman–Crippen LogP) is 3.44. The highest BCUT2D eigenvalue weighted by molar-refractivity contribution is 6.07. The molecule has 1 aromatic heterocycles. The number of aryl methyl sites for hydroxylation is 1. The molecule has 134 valence electrons. The number of aliphatic carboxylic acids is 1. The molecule has 0 aliphatic rings. The first-order valence-corrected chi connectivity index (χ1v) is 7.17. The number of benzene rings is 1. The highest BCUT2D eigenvalue weighted by Gasteiger charge is 2.27. The summed E-state index contributed by atoms with van der Waals surface area (Å²) >= 11 is 0.